The summed E-state index contributed by atoms with van der Waals surface area (Å²) in [5.74, 6) is 0.0768. The van der Waals surface area contributed by atoms with E-state index >= 15 is 0 Å². The molecule has 1 aromatic rings. The fourth-order valence-corrected chi connectivity index (χ4v) is 1.59. The number of nitrogens with two attached hydrogens (primary N) is 1. The lowest BCUT2D eigenvalue weighted by molar-refractivity contribution is -0.119. The average Bonchev–Trinajstić information content (AvgIpc) is 2.35. The number of likely N-dealkylation sites (N-methyl/N-ethyl adjacent to an activating group) is 1. The molecule has 0 saturated carbocycles. The summed E-state index contributed by atoms with van der Waals surface area (Å²) in [6.45, 7) is 0.444. The molecule has 0 fully saturated rings. The van der Waals surface area contributed by atoms with Crippen LogP contribution in [-0.4, -0.2) is 48.8 Å². The molecule has 0 aliphatic heterocycles. The molecule has 6 nitrogen and oxygen atoms in total. The summed E-state index contributed by atoms with van der Waals surface area (Å²) in [6, 6.07) is 8.69. The topological polar surface area (TPSA) is 99.6 Å². The van der Waals surface area contributed by atoms with Crippen LogP contribution in [-0.2, 0) is 4.79 Å². The number of carbonyl (C=O) groups excluding carboxylic acids is 1. The number of aliphatic hydroxyl groups excluding tert-OH is 1. The van der Waals surface area contributed by atoms with Crippen molar-refractivity contribution >= 4 is 5.91 Å². The average molecular weight is 263 g/mol. The molecule has 6 heteroatoms. The van der Waals surface area contributed by atoms with Gasteiger partial charge < -0.3 is 15.6 Å². The van der Waals surface area contributed by atoms with Crippen LogP contribution in [0, 0.1) is 11.3 Å². The van der Waals surface area contributed by atoms with Crippen LogP contribution in [0.25, 0.3) is 0 Å². The van der Waals surface area contributed by atoms with Crippen molar-refractivity contribution in [3.05, 3.63) is 29.8 Å². The van der Waals surface area contributed by atoms with E-state index in [1.807, 2.05) is 6.07 Å². The van der Waals surface area contributed by atoms with Gasteiger partial charge in [0.2, 0.25) is 5.91 Å². The summed E-state index contributed by atoms with van der Waals surface area (Å²) >= 11 is 0. The van der Waals surface area contributed by atoms with E-state index in [4.69, 9.17) is 15.7 Å². The third-order valence-electron chi connectivity index (χ3n) is 2.35. The first-order valence-corrected chi connectivity index (χ1v) is 5.79. The highest BCUT2D eigenvalue weighted by Crippen LogP contribution is 2.12. The molecule has 0 radical (unpaired) electrons. The summed E-state index contributed by atoms with van der Waals surface area (Å²) in [6.07, 6.45) is -0.741. The standard InChI is InChI=1S/C13H17N3O3/c1-16(8-13(15)18)7-11(17)9-19-12-4-2-3-10(5-12)6-14/h2-5,11,17H,7-9H2,1H3,(H2,15,18). The Kier molecular flexibility index (Phi) is 5.79. The van der Waals surface area contributed by atoms with Crippen molar-refractivity contribution in [2.75, 3.05) is 26.7 Å². The second-order valence-corrected chi connectivity index (χ2v) is 4.27. The minimum absolute atomic E-state index is 0.0813. The molecule has 1 aromatic carbocycles. The first-order chi connectivity index (χ1) is 9.01. The molecule has 1 amide bonds. The molecule has 0 bridgehead atoms. The zero-order valence-electron chi connectivity index (χ0n) is 10.7. The maximum absolute atomic E-state index is 10.7. The zero-order valence-corrected chi connectivity index (χ0v) is 10.7. The number of amides is 1. The van der Waals surface area contributed by atoms with Crippen LogP contribution in [0.3, 0.4) is 0 Å². The predicted octanol–water partition coefficient (Wildman–Crippen LogP) is -0.285. The van der Waals surface area contributed by atoms with Gasteiger partial charge in [0.25, 0.3) is 0 Å². The van der Waals surface area contributed by atoms with Crippen LogP contribution in [0.1, 0.15) is 5.56 Å². The molecule has 1 rings (SSSR count). The first kappa shape index (κ1) is 15.0. The third kappa shape index (κ3) is 5.86. The number of rotatable bonds is 7. The smallest absolute Gasteiger partial charge is 0.231 e. The molecule has 19 heavy (non-hydrogen) atoms. The first-order valence-electron chi connectivity index (χ1n) is 5.79. The maximum Gasteiger partial charge on any atom is 0.231 e. The molecule has 1 atom stereocenters. The Hall–Kier alpha value is -2.10. The van der Waals surface area contributed by atoms with Gasteiger partial charge in [-0.05, 0) is 25.2 Å². The normalized spacial score (nSPS) is 11.9. The number of nitrogens with zero attached hydrogens (tertiary/aromatic N) is 2. The van der Waals surface area contributed by atoms with Crippen molar-refractivity contribution in [2.45, 2.75) is 6.10 Å². The zero-order chi connectivity index (χ0) is 14.3. The molecule has 0 aliphatic rings. The van der Waals surface area contributed by atoms with Gasteiger partial charge in [-0.2, -0.15) is 5.26 Å². The van der Waals surface area contributed by atoms with Crippen LogP contribution in [0.5, 0.6) is 5.75 Å². The second-order valence-electron chi connectivity index (χ2n) is 4.27. The summed E-state index contributed by atoms with van der Waals surface area (Å²) in [7, 11) is 1.68. The van der Waals surface area contributed by atoms with E-state index < -0.39 is 12.0 Å². The number of ether oxygens (including phenoxy) is 1. The van der Waals surface area contributed by atoms with Crippen molar-refractivity contribution in [1.82, 2.24) is 4.90 Å². The Morgan fingerprint density at radius 3 is 3.00 bits per heavy atom. The van der Waals surface area contributed by atoms with E-state index in [-0.39, 0.29) is 19.7 Å². The van der Waals surface area contributed by atoms with Gasteiger partial charge in [0.1, 0.15) is 18.5 Å². The molecule has 0 saturated heterocycles. The second kappa shape index (κ2) is 7.36. The summed E-state index contributed by atoms with van der Waals surface area (Å²) in [4.78, 5) is 12.3. The van der Waals surface area contributed by atoms with Gasteiger partial charge in [0.15, 0.2) is 0 Å². The maximum atomic E-state index is 10.7. The van der Waals surface area contributed by atoms with Crippen molar-refractivity contribution < 1.29 is 14.6 Å². The SMILES string of the molecule is CN(CC(N)=O)CC(O)COc1cccc(C#N)c1. The molecule has 0 aliphatic carbocycles. The van der Waals surface area contributed by atoms with E-state index in [0.717, 1.165) is 0 Å². The quantitative estimate of drug-likeness (QED) is 0.704. The fraction of sp³-hybridized carbons (Fsp3) is 0.385. The van der Waals surface area contributed by atoms with Gasteiger partial charge in [0.05, 0.1) is 18.2 Å². The van der Waals surface area contributed by atoms with Crippen LogP contribution in [0.4, 0.5) is 0 Å². The minimum Gasteiger partial charge on any atom is -0.491 e. The molecular weight excluding hydrogens is 246 g/mol. The molecule has 102 valence electrons. The lowest BCUT2D eigenvalue weighted by Gasteiger charge is -2.19. The molecule has 0 heterocycles. The van der Waals surface area contributed by atoms with Crippen LogP contribution >= 0.6 is 0 Å². The Bertz CT molecular complexity index is 470. The van der Waals surface area contributed by atoms with E-state index in [1.54, 1.807) is 36.2 Å². The minimum atomic E-state index is -0.741. The van der Waals surface area contributed by atoms with Gasteiger partial charge in [-0.3, -0.25) is 9.69 Å². The highest BCUT2D eigenvalue weighted by Gasteiger charge is 2.10. The lowest BCUT2D eigenvalue weighted by Crippen LogP contribution is -2.38. The van der Waals surface area contributed by atoms with Crippen molar-refractivity contribution in [3.8, 4) is 11.8 Å². The highest BCUT2D eigenvalue weighted by atomic mass is 16.5. The summed E-state index contributed by atoms with van der Waals surface area (Å²) in [5.41, 5.74) is 5.54. The Morgan fingerprint density at radius 2 is 2.37 bits per heavy atom. The molecule has 1 unspecified atom stereocenters. The largest absolute Gasteiger partial charge is 0.491 e. The van der Waals surface area contributed by atoms with Gasteiger partial charge in [0, 0.05) is 6.54 Å². The van der Waals surface area contributed by atoms with Crippen molar-refractivity contribution in [3.63, 3.8) is 0 Å². The predicted molar refractivity (Wildman–Crippen MR) is 69.4 cm³/mol. The monoisotopic (exact) mass is 263 g/mol. The molecule has 3 N–H and O–H groups in total. The van der Waals surface area contributed by atoms with Gasteiger partial charge in [-0.15, -0.1) is 0 Å². The van der Waals surface area contributed by atoms with Crippen molar-refractivity contribution in [2.24, 2.45) is 5.73 Å². The lowest BCUT2D eigenvalue weighted by atomic mass is 10.2. The van der Waals surface area contributed by atoms with E-state index in [1.165, 1.54) is 0 Å². The summed E-state index contributed by atoms with van der Waals surface area (Å²) in [5, 5.41) is 18.5. The molecule has 0 spiro atoms. The number of primary amides is 1. The number of nitriles is 1. The number of hydrogen-bond acceptors (Lipinski definition) is 5. The van der Waals surface area contributed by atoms with Crippen LogP contribution in [0.15, 0.2) is 24.3 Å². The summed E-state index contributed by atoms with van der Waals surface area (Å²) < 4.78 is 5.37. The fourth-order valence-electron chi connectivity index (χ4n) is 1.59. The van der Waals surface area contributed by atoms with E-state index in [2.05, 4.69) is 0 Å². The Morgan fingerprint density at radius 1 is 1.63 bits per heavy atom. The number of benzene rings is 1. The molecular formula is C13H17N3O3. The number of carbonyl (C=O) groups is 1. The third-order valence-corrected chi connectivity index (χ3v) is 2.35. The van der Waals surface area contributed by atoms with Crippen molar-refractivity contribution in [1.29, 1.82) is 5.26 Å². The highest BCUT2D eigenvalue weighted by molar-refractivity contribution is 5.75. The van der Waals surface area contributed by atoms with Gasteiger partial charge >= 0.3 is 0 Å². The van der Waals surface area contributed by atoms with Gasteiger partial charge in [-0.1, -0.05) is 6.07 Å². The molecule has 0 aromatic heterocycles. The van der Waals surface area contributed by atoms with Crippen LogP contribution in [0.2, 0.25) is 0 Å². The number of hydrogen-bond donors (Lipinski definition) is 2. The van der Waals surface area contributed by atoms with Gasteiger partial charge in [-0.25, -0.2) is 0 Å². The van der Waals surface area contributed by atoms with E-state index in [9.17, 15) is 9.90 Å². The van der Waals surface area contributed by atoms with Crippen LogP contribution < -0.4 is 10.5 Å². The Balaban J connectivity index is 2.39. The van der Waals surface area contributed by atoms with E-state index in [0.29, 0.717) is 11.3 Å². The Labute approximate surface area is 112 Å². The number of aliphatic hydroxyl groups is 1.